The molecule has 0 bridgehead atoms. The predicted octanol–water partition coefficient (Wildman–Crippen LogP) is 2.82. The number of ketones is 1. The highest BCUT2D eigenvalue weighted by Crippen LogP contribution is 2.39. The number of halogens is 1. The first-order valence-electron chi connectivity index (χ1n) is 9.16. The third-order valence-electron chi connectivity index (χ3n) is 4.86. The molecule has 29 heavy (non-hydrogen) atoms. The topological polar surface area (TPSA) is 70.1 Å². The molecule has 152 valence electrons. The second-order valence-electron chi connectivity index (χ2n) is 7.08. The van der Waals surface area contributed by atoms with Gasteiger partial charge < -0.3 is 19.6 Å². The summed E-state index contributed by atoms with van der Waals surface area (Å²) in [5.41, 5.74) is 0.893. The molecule has 1 aliphatic rings. The molecule has 0 radical (unpaired) electrons. The molecule has 0 unspecified atom stereocenters. The Morgan fingerprint density at radius 3 is 2.48 bits per heavy atom. The van der Waals surface area contributed by atoms with Crippen LogP contribution in [0.15, 0.2) is 54.1 Å². The summed E-state index contributed by atoms with van der Waals surface area (Å²) in [5, 5.41) is 10.9. The number of hydrogen-bond donors (Lipinski definition) is 1. The number of nitrogens with zero attached hydrogens (tertiary/aromatic N) is 2. The second kappa shape index (κ2) is 8.45. The van der Waals surface area contributed by atoms with Crippen LogP contribution in [0, 0.1) is 5.82 Å². The van der Waals surface area contributed by atoms with E-state index in [1.165, 1.54) is 36.3 Å². The van der Waals surface area contributed by atoms with Crippen molar-refractivity contribution in [2.75, 3.05) is 34.3 Å². The largest absolute Gasteiger partial charge is 0.507 e. The van der Waals surface area contributed by atoms with Crippen molar-refractivity contribution in [2.24, 2.45) is 0 Å². The summed E-state index contributed by atoms with van der Waals surface area (Å²) in [6, 6.07) is 11.4. The van der Waals surface area contributed by atoms with Crippen molar-refractivity contribution in [1.82, 2.24) is 9.80 Å². The number of carbonyl (C=O) groups is 2. The first-order valence-corrected chi connectivity index (χ1v) is 9.16. The zero-order valence-corrected chi connectivity index (χ0v) is 16.6. The molecule has 2 aromatic rings. The third-order valence-corrected chi connectivity index (χ3v) is 4.86. The number of benzene rings is 2. The lowest BCUT2D eigenvalue weighted by atomic mass is 9.95. The quantitative estimate of drug-likeness (QED) is 0.460. The lowest BCUT2D eigenvalue weighted by Gasteiger charge is -2.26. The van der Waals surface area contributed by atoms with E-state index in [9.17, 15) is 19.1 Å². The highest BCUT2D eigenvalue weighted by Gasteiger charge is 2.45. The van der Waals surface area contributed by atoms with E-state index < -0.39 is 23.5 Å². The summed E-state index contributed by atoms with van der Waals surface area (Å²) in [6.45, 7) is 0.818. The van der Waals surface area contributed by atoms with E-state index in [4.69, 9.17) is 4.74 Å². The van der Waals surface area contributed by atoms with Crippen LogP contribution in [0.2, 0.25) is 0 Å². The summed E-state index contributed by atoms with van der Waals surface area (Å²) < 4.78 is 18.6. The molecule has 0 aromatic heterocycles. The summed E-state index contributed by atoms with van der Waals surface area (Å²) in [7, 11) is 5.22. The van der Waals surface area contributed by atoms with Gasteiger partial charge in [0.05, 0.1) is 18.7 Å². The number of carbonyl (C=O) groups excluding carboxylic acids is 2. The van der Waals surface area contributed by atoms with Crippen molar-refractivity contribution in [1.29, 1.82) is 0 Å². The molecule has 1 fully saturated rings. The van der Waals surface area contributed by atoms with Crippen LogP contribution in [0.1, 0.15) is 17.2 Å². The Morgan fingerprint density at radius 1 is 1.17 bits per heavy atom. The van der Waals surface area contributed by atoms with E-state index in [2.05, 4.69) is 0 Å². The Morgan fingerprint density at radius 2 is 1.86 bits per heavy atom. The highest BCUT2D eigenvalue weighted by molar-refractivity contribution is 6.46. The fourth-order valence-electron chi connectivity index (χ4n) is 3.34. The fraction of sp³-hybridized carbons (Fsp3) is 0.273. The van der Waals surface area contributed by atoms with Crippen LogP contribution in [0.5, 0.6) is 5.75 Å². The number of likely N-dealkylation sites (N-methyl/N-ethyl adjacent to an activating group) is 1. The van der Waals surface area contributed by atoms with Crippen molar-refractivity contribution in [3.8, 4) is 5.75 Å². The Balaban J connectivity index is 2.14. The van der Waals surface area contributed by atoms with Crippen LogP contribution in [0.25, 0.3) is 5.76 Å². The number of ether oxygens (including phenoxy) is 1. The first kappa shape index (κ1) is 20.5. The SMILES string of the molecule is COc1cccc(/C(O)=C2\C(=O)C(=O)N(CCN(C)C)[C@H]2c2ccc(F)cc2)c1. The second-order valence-corrected chi connectivity index (χ2v) is 7.08. The molecule has 3 rings (SSSR count). The van der Waals surface area contributed by atoms with Gasteiger partial charge in [-0.2, -0.15) is 0 Å². The Bertz CT molecular complexity index is 954. The number of methoxy groups -OCH3 is 1. The smallest absolute Gasteiger partial charge is 0.295 e. The van der Waals surface area contributed by atoms with Crippen LogP contribution < -0.4 is 4.74 Å². The lowest BCUT2D eigenvalue weighted by Crippen LogP contribution is -2.35. The summed E-state index contributed by atoms with van der Waals surface area (Å²) >= 11 is 0. The number of hydrogen-bond acceptors (Lipinski definition) is 5. The minimum absolute atomic E-state index is 0.0198. The molecule has 1 amide bonds. The molecule has 7 heteroatoms. The van der Waals surface area contributed by atoms with E-state index in [1.54, 1.807) is 24.3 Å². The minimum atomic E-state index is -0.804. The Labute approximate surface area is 168 Å². The molecule has 1 saturated heterocycles. The van der Waals surface area contributed by atoms with Gasteiger partial charge in [0.15, 0.2) is 0 Å². The number of Topliss-reactive ketones (excluding diaryl/α,β-unsaturated/α-hetero) is 1. The average molecular weight is 398 g/mol. The van der Waals surface area contributed by atoms with Gasteiger partial charge >= 0.3 is 0 Å². The van der Waals surface area contributed by atoms with Gasteiger partial charge in [-0.05, 0) is 43.9 Å². The first-order chi connectivity index (χ1) is 13.8. The predicted molar refractivity (Wildman–Crippen MR) is 107 cm³/mol. The number of aliphatic hydroxyl groups excluding tert-OH is 1. The molecular formula is C22H23FN2O4. The van der Waals surface area contributed by atoms with Crippen molar-refractivity contribution in [2.45, 2.75) is 6.04 Å². The molecule has 0 spiro atoms. The van der Waals surface area contributed by atoms with Gasteiger partial charge in [-0.25, -0.2) is 4.39 Å². The van der Waals surface area contributed by atoms with Gasteiger partial charge in [0.2, 0.25) is 0 Å². The van der Waals surface area contributed by atoms with Crippen LogP contribution >= 0.6 is 0 Å². The van der Waals surface area contributed by atoms with Crippen LogP contribution in [-0.2, 0) is 9.59 Å². The molecular weight excluding hydrogens is 375 g/mol. The number of rotatable bonds is 6. The van der Waals surface area contributed by atoms with Crippen LogP contribution in [0.4, 0.5) is 4.39 Å². The average Bonchev–Trinajstić information content (AvgIpc) is 2.97. The van der Waals surface area contributed by atoms with Gasteiger partial charge in [0.25, 0.3) is 11.7 Å². The molecule has 1 atom stereocenters. The normalized spacial score (nSPS) is 18.5. The van der Waals surface area contributed by atoms with Crippen molar-refractivity contribution < 1.29 is 23.8 Å². The lowest BCUT2D eigenvalue weighted by molar-refractivity contribution is -0.140. The number of amides is 1. The molecule has 1 aliphatic heterocycles. The van der Waals surface area contributed by atoms with Crippen LogP contribution in [0.3, 0.4) is 0 Å². The van der Waals surface area contributed by atoms with Gasteiger partial charge in [-0.3, -0.25) is 9.59 Å². The fourth-order valence-corrected chi connectivity index (χ4v) is 3.34. The number of likely N-dealkylation sites (tertiary alicyclic amines) is 1. The maximum absolute atomic E-state index is 13.5. The van der Waals surface area contributed by atoms with Gasteiger partial charge in [0, 0.05) is 18.7 Å². The summed E-state index contributed by atoms with van der Waals surface area (Å²) in [5.74, 6) is -1.66. The minimum Gasteiger partial charge on any atom is -0.507 e. The molecule has 2 aromatic carbocycles. The maximum atomic E-state index is 13.5. The summed E-state index contributed by atoms with van der Waals surface area (Å²) in [6.07, 6.45) is 0. The van der Waals surface area contributed by atoms with E-state index in [0.717, 1.165) is 0 Å². The number of aliphatic hydroxyl groups is 1. The highest BCUT2D eigenvalue weighted by atomic mass is 19.1. The Kier molecular flexibility index (Phi) is 5.98. The standard InChI is InChI=1S/C22H23FN2O4/c1-24(2)11-12-25-19(14-7-9-16(23)10-8-14)18(21(27)22(25)28)20(26)15-5-4-6-17(13-15)29-3/h4-10,13,19,26H,11-12H2,1-3H3/b20-18+/t19-/m0/s1. The molecule has 1 heterocycles. The maximum Gasteiger partial charge on any atom is 0.295 e. The molecule has 1 N–H and O–H groups in total. The molecule has 6 nitrogen and oxygen atoms in total. The van der Waals surface area contributed by atoms with E-state index in [0.29, 0.717) is 23.4 Å². The van der Waals surface area contributed by atoms with E-state index in [-0.39, 0.29) is 17.9 Å². The van der Waals surface area contributed by atoms with Gasteiger partial charge in [0.1, 0.15) is 17.3 Å². The monoisotopic (exact) mass is 398 g/mol. The Hall–Kier alpha value is -3.19. The van der Waals surface area contributed by atoms with E-state index >= 15 is 0 Å². The van der Waals surface area contributed by atoms with Crippen molar-refractivity contribution in [3.63, 3.8) is 0 Å². The van der Waals surface area contributed by atoms with Gasteiger partial charge in [-0.15, -0.1) is 0 Å². The third kappa shape index (κ3) is 4.14. The molecule has 0 aliphatic carbocycles. The zero-order chi connectivity index (χ0) is 21.1. The van der Waals surface area contributed by atoms with Gasteiger partial charge in [-0.1, -0.05) is 24.3 Å². The van der Waals surface area contributed by atoms with Crippen LogP contribution in [-0.4, -0.2) is 60.9 Å². The molecule has 0 saturated carbocycles. The zero-order valence-electron chi connectivity index (χ0n) is 16.6. The van der Waals surface area contributed by atoms with Crippen molar-refractivity contribution >= 4 is 17.4 Å². The van der Waals surface area contributed by atoms with E-state index in [1.807, 2.05) is 19.0 Å². The van der Waals surface area contributed by atoms with Crippen molar-refractivity contribution in [3.05, 3.63) is 71.0 Å². The summed E-state index contributed by atoms with van der Waals surface area (Å²) in [4.78, 5) is 28.9.